The molecule has 0 aliphatic carbocycles. The van der Waals surface area contributed by atoms with E-state index in [4.69, 9.17) is 18.0 Å². The van der Waals surface area contributed by atoms with Crippen molar-refractivity contribution in [2.75, 3.05) is 6.61 Å². The Morgan fingerprint density at radius 1 is 0.789 bits per heavy atom. The van der Waals surface area contributed by atoms with E-state index in [1.54, 1.807) is 0 Å². The van der Waals surface area contributed by atoms with Crippen LogP contribution in [-0.4, -0.2) is 75.3 Å². The van der Waals surface area contributed by atoms with Crippen molar-refractivity contribution in [3.63, 3.8) is 0 Å². The monoisotopic (exact) mass is 855 g/mol. The average Bonchev–Trinajstić information content (AvgIpc) is 3.10. The maximum absolute atomic E-state index is 10.7. The van der Waals surface area contributed by atoms with Crippen LogP contribution >= 0.6 is 0 Å². The third-order valence-electron chi connectivity index (χ3n) is 13.6. The van der Waals surface area contributed by atoms with E-state index in [-0.39, 0.29) is 52.6 Å². The minimum atomic E-state index is -2.88. The van der Waals surface area contributed by atoms with E-state index in [0.717, 1.165) is 43.4 Å². The fraction of sp³-hybridized carbons (Fsp3) is 0.708. The second-order valence-corrected chi connectivity index (χ2v) is 40.9. The van der Waals surface area contributed by atoms with Crippen molar-refractivity contribution in [2.45, 2.75) is 206 Å². The molecule has 1 N–H and O–H groups in total. The van der Waals surface area contributed by atoms with Crippen molar-refractivity contribution in [1.82, 2.24) is 0 Å². The third kappa shape index (κ3) is 12.9. The molecule has 57 heavy (non-hydrogen) atoms. The molecule has 0 aromatic heterocycles. The molecule has 2 aromatic rings. The third-order valence-corrected chi connectivity index (χ3v) is 29.4. The lowest BCUT2D eigenvalue weighted by molar-refractivity contribution is -0.183. The van der Waals surface area contributed by atoms with Gasteiger partial charge in [0.15, 0.2) is 16.6 Å². The summed E-state index contributed by atoms with van der Waals surface area (Å²) in [7, 11) is -8.31. The molecule has 0 bridgehead atoms. The summed E-state index contributed by atoms with van der Waals surface area (Å²) in [5.74, 6) is 0. The zero-order valence-electron chi connectivity index (χ0n) is 39.5. The largest absolute Gasteiger partial charge is 0.414 e. The van der Waals surface area contributed by atoms with Crippen LogP contribution in [0.2, 0.25) is 67.0 Å². The molecule has 5 atom stereocenters. The normalized spacial score (nSPS) is 21.0. The number of hydrogen-bond acceptors (Lipinski definition) is 5. The summed E-state index contributed by atoms with van der Waals surface area (Å²) < 4.78 is 30.1. The second-order valence-electron chi connectivity index (χ2n) is 21.7. The molecule has 1 fully saturated rings. The van der Waals surface area contributed by atoms with E-state index in [2.05, 4.69) is 176 Å². The van der Waals surface area contributed by atoms with Crippen LogP contribution in [0.4, 0.5) is 0 Å². The Bertz CT molecular complexity index is 1460. The van der Waals surface area contributed by atoms with Crippen molar-refractivity contribution < 1.29 is 23.1 Å². The van der Waals surface area contributed by atoms with Crippen molar-refractivity contribution >= 4 is 43.4 Å². The van der Waals surface area contributed by atoms with Crippen LogP contribution in [0.5, 0.6) is 0 Å². The molecule has 0 radical (unpaired) electrons. The van der Waals surface area contributed by atoms with Gasteiger partial charge in [0.25, 0.3) is 8.32 Å². The van der Waals surface area contributed by atoms with Gasteiger partial charge in [-0.25, -0.2) is 0 Å². The summed E-state index contributed by atoms with van der Waals surface area (Å²) in [6, 6.07) is 26.2. The van der Waals surface area contributed by atoms with Gasteiger partial charge in [-0.3, -0.25) is 0 Å². The smallest absolute Gasteiger partial charge is 0.261 e. The quantitative estimate of drug-likeness (QED) is 0.100. The lowest BCUT2D eigenvalue weighted by Crippen LogP contribution is -2.68. The first-order chi connectivity index (χ1) is 26.3. The standard InChI is InChI=1S/C48H86O5Si4/c1-18-56(19-2,20-3)51-41(33-38(4)37-54(13,14)15)36-44-48(11,12)45(53-55(16,17)46(5,6)7)35-40(50-44)34-39(31-32-49)52-57(47(8,9)10,42-27-23-21-24-28-42)43-29-25-22-26-30-43/h21-30,39-41,44-45,49H,4,18-20,31-37H2,1-3,5-17H3/t39-,40+,41-,44-,45-/m0/s1. The summed E-state index contributed by atoms with van der Waals surface area (Å²) in [5.41, 5.74) is 1.08. The number of aliphatic hydroxyl groups excluding tert-OH is 1. The number of rotatable bonds is 21. The first-order valence-electron chi connectivity index (χ1n) is 22.4. The average molecular weight is 856 g/mol. The highest BCUT2D eigenvalue weighted by Gasteiger charge is 2.54. The first kappa shape index (κ1) is 50.2. The summed E-state index contributed by atoms with van der Waals surface area (Å²) in [6.07, 6.45) is 3.45. The fourth-order valence-electron chi connectivity index (χ4n) is 8.97. The van der Waals surface area contributed by atoms with Crippen molar-refractivity contribution in [3.05, 3.63) is 72.8 Å². The van der Waals surface area contributed by atoms with Gasteiger partial charge in [-0.1, -0.05) is 162 Å². The molecular weight excluding hydrogens is 769 g/mol. The predicted octanol–water partition coefficient (Wildman–Crippen LogP) is 12.3. The highest BCUT2D eigenvalue weighted by Crippen LogP contribution is 2.48. The van der Waals surface area contributed by atoms with Gasteiger partial charge in [0, 0.05) is 20.1 Å². The van der Waals surface area contributed by atoms with Gasteiger partial charge in [-0.15, -0.1) is 6.58 Å². The SMILES string of the molecule is C=C(C[C@@H](C[C@@H]1O[C@H](C[C@H](CCO)O[Si](c2ccccc2)(c2ccccc2)C(C)(C)C)C[C@H](O[Si](C)(C)C(C)(C)C)C1(C)C)O[Si](CC)(CC)CC)C[Si](C)(C)C. The van der Waals surface area contributed by atoms with E-state index in [0.29, 0.717) is 12.8 Å². The van der Waals surface area contributed by atoms with Gasteiger partial charge < -0.3 is 23.1 Å². The van der Waals surface area contributed by atoms with Crippen LogP contribution in [0.15, 0.2) is 72.8 Å². The second kappa shape index (κ2) is 20.1. The molecular formula is C48H86O5Si4. The maximum Gasteiger partial charge on any atom is 0.261 e. The Hall–Kier alpha value is -1.15. The van der Waals surface area contributed by atoms with E-state index in [1.807, 2.05) is 0 Å². The lowest BCUT2D eigenvalue weighted by atomic mass is 9.73. The van der Waals surface area contributed by atoms with Gasteiger partial charge in [0.1, 0.15) is 0 Å². The van der Waals surface area contributed by atoms with E-state index < -0.39 is 33.0 Å². The van der Waals surface area contributed by atoms with Crippen LogP contribution in [0, 0.1) is 5.41 Å². The fourth-order valence-corrected chi connectivity index (χ4v) is 19.7. The summed E-state index contributed by atoms with van der Waals surface area (Å²) in [5, 5.41) is 13.1. The van der Waals surface area contributed by atoms with Crippen molar-refractivity contribution in [2.24, 2.45) is 5.41 Å². The Morgan fingerprint density at radius 3 is 1.72 bits per heavy atom. The van der Waals surface area contributed by atoms with Gasteiger partial charge in [-0.05, 0) is 89.8 Å². The molecule has 1 saturated heterocycles. The van der Waals surface area contributed by atoms with Crippen molar-refractivity contribution in [1.29, 1.82) is 0 Å². The minimum absolute atomic E-state index is 0.0149. The number of benzene rings is 2. The molecule has 0 spiro atoms. The molecule has 324 valence electrons. The zero-order chi connectivity index (χ0) is 43.1. The van der Waals surface area contributed by atoms with Gasteiger partial charge in [0.2, 0.25) is 0 Å². The van der Waals surface area contributed by atoms with Crippen molar-refractivity contribution in [3.8, 4) is 0 Å². The predicted molar refractivity (Wildman–Crippen MR) is 257 cm³/mol. The van der Waals surface area contributed by atoms with E-state index in [1.165, 1.54) is 15.9 Å². The Kier molecular flexibility index (Phi) is 17.7. The van der Waals surface area contributed by atoms with Gasteiger partial charge >= 0.3 is 0 Å². The van der Waals surface area contributed by atoms with E-state index in [9.17, 15) is 5.11 Å². The van der Waals surface area contributed by atoms with Crippen LogP contribution in [0.25, 0.3) is 0 Å². The number of hydrogen-bond donors (Lipinski definition) is 1. The molecule has 0 saturated carbocycles. The Morgan fingerprint density at radius 2 is 1.30 bits per heavy atom. The highest BCUT2D eigenvalue weighted by molar-refractivity contribution is 6.99. The molecule has 9 heteroatoms. The number of ether oxygens (including phenoxy) is 1. The van der Waals surface area contributed by atoms with Crippen LogP contribution < -0.4 is 10.4 Å². The molecule has 5 nitrogen and oxygen atoms in total. The van der Waals surface area contributed by atoms with Crippen LogP contribution in [0.3, 0.4) is 0 Å². The molecule has 1 aliphatic rings. The Balaban J connectivity index is 2.14. The maximum atomic E-state index is 10.7. The molecule has 3 rings (SSSR count). The van der Waals surface area contributed by atoms with Gasteiger partial charge in [-0.2, -0.15) is 0 Å². The first-order valence-corrected chi connectivity index (χ1v) is 33.4. The zero-order valence-corrected chi connectivity index (χ0v) is 43.5. The minimum Gasteiger partial charge on any atom is -0.414 e. The van der Waals surface area contributed by atoms with E-state index >= 15 is 0 Å². The molecule has 1 aliphatic heterocycles. The lowest BCUT2D eigenvalue weighted by Gasteiger charge is -2.53. The molecule has 2 aromatic carbocycles. The Labute approximate surface area is 355 Å². The summed E-state index contributed by atoms with van der Waals surface area (Å²) >= 11 is 0. The van der Waals surface area contributed by atoms with Gasteiger partial charge in [0.05, 0.1) is 30.5 Å². The molecule has 1 heterocycles. The highest BCUT2D eigenvalue weighted by atomic mass is 28.4. The molecule has 0 amide bonds. The van der Waals surface area contributed by atoms with Crippen LogP contribution in [-0.2, 0) is 18.0 Å². The topological polar surface area (TPSA) is 57.2 Å². The summed E-state index contributed by atoms with van der Waals surface area (Å²) in [4.78, 5) is 0. The number of aliphatic hydroxyl groups is 1. The summed E-state index contributed by atoms with van der Waals surface area (Å²) in [6.45, 7) is 42.6. The molecule has 0 unspecified atom stereocenters. The van der Waals surface area contributed by atoms with Crippen LogP contribution in [0.1, 0.15) is 108 Å².